The molecule has 0 atom stereocenters. The number of rotatable bonds is 3. The van der Waals surface area contributed by atoms with Gasteiger partial charge in [-0.15, -0.1) is 0 Å². The van der Waals surface area contributed by atoms with Crippen LogP contribution in [0.15, 0.2) is 53.3 Å². The summed E-state index contributed by atoms with van der Waals surface area (Å²) in [7, 11) is 0. The van der Waals surface area contributed by atoms with Gasteiger partial charge in [0.05, 0.1) is 10.9 Å². The van der Waals surface area contributed by atoms with Crippen molar-refractivity contribution < 1.29 is 0 Å². The Labute approximate surface area is 129 Å². The molecule has 0 N–H and O–H groups in total. The summed E-state index contributed by atoms with van der Waals surface area (Å²) in [5, 5.41) is 0.664. The zero-order valence-corrected chi connectivity index (χ0v) is 12.8. The Kier molecular flexibility index (Phi) is 3.88. The van der Waals surface area contributed by atoms with Crippen molar-refractivity contribution in [2.45, 2.75) is 20.4 Å². The average molecular weight is 290 g/mol. The van der Waals surface area contributed by atoms with Crippen LogP contribution in [0.3, 0.4) is 0 Å². The molecule has 0 bridgehead atoms. The van der Waals surface area contributed by atoms with E-state index >= 15 is 0 Å². The lowest BCUT2D eigenvalue weighted by Crippen LogP contribution is -2.22. The molecule has 110 valence electrons. The molecular weight excluding hydrogens is 272 g/mol. The fourth-order valence-corrected chi connectivity index (χ4v) is 2.56. The van der Waals surface area contributed by atoms with Crippen molar-refractivity contribution in [2.75, 3.05) is 0 Å². The minimum atomic E-state index is 0.0111. The SMILES string of the molecule is CCn1c(/C=C\c2cccc(C)c2)nc2ccccc2c1=O. The Morgan fingerprint density at radius 2 is 1.91 bits per heavy atom. The minimum absolute atomic E-state index is 0.0111. The molecule has 3 aromatic rings. The molecule has 1 aromatic heterocycles. The summed E-state index contributed by atoms with van der Waals surface area (Å²) in [6.07, 6.45) is 3.90. The summed E-state index contributed by atoms with van der Waals surface area (Å²) in [6.45, 7) is 4.62. The Hall–Kier alpha value is -2.68. The lowest BCUT2D eigenvalue weighted by molar-refractivity contribution is 0.708. The maximum atomic E-state index is 12.5. The van der Waals surface area contributed by atoms with E-state index < -0.39 is 0 Å². The summed E-state index contributed by atoms with van der Waals surface area (Å²) < 4.78 is 1.70. The first-order chi connectivity index (χ1) is 10.7. The first-order valence-electron chi connectivity index (χ1n) is 7.43. The molecule has 0 fully saturated rings. The summed E-state index contributed by atoms with van der Waals surface area (Å²) in [5.41, 5.74) is 3.06. The summed E-state index contributed by atoms with van der Waals surface area (Å²) >= 11 is 0. The highest BCUT2D eigenvalue weighted by molar-refractivity contribution is 5.79. The summed E-state index contributed by atoms with van der Waals surface area (Å²) in [5.74, 6) is 0.688. The number of benzene rings is 2. The number of nitrogens with zero attached hydrogens (tertiary/aromatic N) is 2. The van der Waals surface area contributed by atoms with Crippen LogP contribution in [0.25, 0.3) is 23.1 Å². The van der Waals surface area contributed by atoms with Crippen LogP contribution in [0.4, 0.5) is 0 Å². The van der Waals surface area contributed by atoms with Gasteiger partial charge in [0.25, 0.3) is 5.56 Å². The highest BCUT2D eigenvalue weighted by Gasteiger charge is 2.06. The van der Waals surface area contributed by atoms with E-state index in [1.165, 1.54) is 5.56 Å². The van der Waals surface area contributed by atoms with Crippen molar-refractivity contribution in [3.05, 3.63) is 75.8 Å². The fourth-order valence-electron chi connectivity index (χ4n) is 2.56. The van der Waals surface area contributed by atoms with Crippen LogP contribution in [0.5, 0.6) is 0 Å². The zero-order valence-electron chi connectivity index (χ0n) is 12.8. The molecule has 0 aliphatic carbocycles. The van der Waals surface area contributed by atoms with Gasteiger partial charge in [-0.2, -0.15) is 0 Å². The van der Waals surface area contributed by atoms with Gasteiger partial charge in [0.2, 0.25) is 0 Å². The molecule has 1 heterocycles. The van der Waals surface area contributed by atoms with E-state index in [1.54, 1.807) is 4.57 Å². The maximum Gasteiger partial charge on any atom is 0.261 e. The number of hydrogen-bond donors (Lipinski definition) is 0. The van der Waals surface area contributed by atoms with Gasteiger partial charge in [-0.05, 0) is 37.6 Å². The molecule has 0 aliphatic rings. The topological polar surface area (TPSA) is 34.9 Å². The lowest BCUT2D eigenvalue weighted by atomic mass is 10.1. The van der Waals surface area contributed by atoms with Gasteiger partial charge in [0, 0.05) is 6.54 Å². The van der Waals surface area contributed by atoms with Crippen molar-refractivity contribution in [3.63, 3.8) is 0 Å². The van der Waals surface area contributed by atoms with E-state index in [0.29, 0.717) is 17.8 Å². The van der Waals surface area contributed by atoms with E-state index in [4.69, 9.17) is 0 Å². The third-order valence-electron chi connectivity index (χ3n) is 3.67. The molecule has 22 heavy (non-hydrogen) atoms. The molecule has 0 radical (unpaired) electrons. The molecular formula is C19H18N2O. The highest BCUT2D eigenvalue weighted by atomic mass is 16.1. The average Bonchev–Trinajstić information content (AvgIpc) is 2.53. The second kappa shape index (κ2) is 5.98. The Balaban J connectivity index is 2.12. The van der Waals surface area contributed by atoms with Crippen LogP contribution < -0.4 is 5.56 Å². The van der Waals surface area contributed by atoms with Crippen LogP contribution in [0, 0.1) is 6.92 Å². The predicted octanol–water partition coefficient (Wildman–Crippen LogP) is 3.90. The molecule has 0 saturated heterocycles. The Morgan fingerprint density at radius 3 is 2.68 bits per heavy atom. The Bertz CT molecular complexity index is 907. The molecule has 0 aliphatic heterocycles. The molecule has 0 amide bonds. The van der Waals surface area contributed by atoms with E-state index in [2.05, 4.69) is 24.0 Å². The maximum absolute atomic E-state index is 12.5. The highest BCUT2D eigenvalue weighted by Crippen LogP contribution is 2.12. The van der Waals surface area contributed by atoms with E-state index in [-0.39, 0.29) is 5.56 Å². The Morgan fingerprint density at radius 1 is 1.09 bits per heavy atom. The predicted molar refractivity (Wildman–Crippen MR) is 91.8 cm³/mol. The van der Waals surface area contributed by atoms with Crippen molar-refractivity contribution in [2.24, 2.45) is 0 Å². The van der Waals surface area contributed by atoms with Crippen molar-refractivity contribution in [1.82, 2.24) is 9.55 Å². The monoisotopic (exact) mass is 290 g/mol. The number of fused-ring (bicyclic) bond motifs is 1. The van der Waals surface area contributed by atoms with Gasteiger partial charge < -0.3 is 0 Å². The number of hydrogen-bond acceptors (Lipinski definition) is 2. The smallest absolute Gasteiger partial charge is 0.261 e. The molecule has 0 saturated carbocycles. The van der Waals surface area contributed by atoms with Crippen LogP contribution >= 0.6 is 0 Å². The number of aryl methyl sites for hydroxylation is 1. The van der Waals surface area contributed by atoms with E-state index in [1.807, 2.05) is 55.5 Å². The first-order valence-corrected chi connectivity index (χ1v) is 7.43. The van der Waals surface area contributed by atoms with E-state index in [9.17, 15) is 4.79 Å². The van der Waals surface area contributed by atoms with Gasteiger partial charge in [-0.1, -0.05) is 48.0 Å². The van der Waals surface area contributed by atoms with Gasteiger partial charge >= 0.3 is 0 Å². The molecule has 3 rings (SSSR count). The first kappa shape index (κ1) is 14.3. The molecule has 3 heteroatoms. The van der Waals surface area contributed by atoms with Crippen LogP contribution in [0.2, 0.25) is 0 Å². The second-order valence-corrected chi connectivity index (χ2v) is 5.28. The van der Waals surface area contributed by atoms with Gasteiger partial charge in [-0.3, -0.25) is 9.36 Å². The number of para-hydroxylation sites is 1. The zero-order chi connectivity index (χ0) is 15.5. The third-order valence-corrected chi connectivity index (χ3v) is 3.67. The minimum Gasteiger partial charge on any atom is -0.293 e. The second-order valence-electron chi connectivity index (χ2n) is 5.28. The van der Waals surface area contributed by atoms with Gasteiger partial charge in [0.1, 0.15) is 5.82 Å². The molecule has 0 unspecified atom stereocenters. The standard InChI is InChI=1S/C19H18N2O/c1-3-21-18(12-11-15-8-6-7-14(2)13-15)20-17-10-5-4-9-16(17)19(21)22/h4-13H,3H2,1-2H3/b12-11-. The molecule has 0 spiro atoms. The fraction of sp³-hybridized carbons (Fsp3) is 0.158. The summed E-state index contributed by atoms with van der Waals surface area (Å²) in [6, 6.07) is 15.7. The van der Waals surface area contributed by atoms with Crippen molar-refractivity contribution in [3.8, 4) is 0 Å². The van der Waals surface area contributed by atoms with Crippen molar-refractivity contribution >= 4 is 23.1 Å². The van der Waals surface area contributed by atoms with Crippen molar-refractivity contribution in [1.29, 1.82) is 0 Å². The molecule has 3 nitrogen and oxygen atoms in total. The van der Waals surface area contributed by atoms with E-state index in [0.717, 1.165) is 11.1 Å². The van der Waals surface area contributed by atoms with Gasteiger partial charge in [-0.25, -0.2) is 4.98 Å². The van der Waals surface area contributed by atoms with Crippen LogP contribution in [-0.2, 0) is 6.54 Å². The quantitative estimate of drug-likeness (QED) is 0.733. The van der Waals surface area contributed by atoms with Crippen LogP contribution in [0.1, 0.15) is 23.9 Å². The normalized spacial score (nSPS) is 11.4. The van der Waals surface area contributed by atoms with Crippen LogP contribution in [-0.4, -0.2) is 9.55 Å². The number of aromatic nitrogens is 2. The van der Waals surface area contributed by atoms with Gasteiger partial charge in [0.15, 0.2) is 0 Å². The largest absolute Gasteiger partial charge is 0.293 e. The summed E-state index contributed by atoms with van der Waals surface area (Å²) in [4.78, 5) is 17.2. The lowest BCUT2D eigenvalue weighted by Gasteiger charge is -2.08. The molecule has 2 aromatic carbocycles. The third kappa shape index (κ3) is 2.70.